The van der Waals surface area contributed by atoms with Crippen LogP contribution in [0.4, 0.5) is 5.95 Å². The molecule has 4 rings (SSSR count). The van der Waals surface area contributed by atoms with Crippen molar-refractivity contribution in [3.63, 3.8) is 0 Å². The predicted octanol–water partition coefficient (Wildman–Crippen LogP) is 3.17. The third kappa shape index (κ3) is 3.26. The van der Waals surface area contributed by atoms with Crippen molar-refractivity contribution in [2.24, 2.45) is 13.0 Å². The second-order valence-corrected chi connectivity index (χ2v) is 7.57. The van der Waals surface area contributed by atoms with Crippen LogP contribution in [-0.4, -0.2) is 28.5 Å². The van der Waals surface area contributed by atoms with Gasteiger partial charge in [0.1, 0.15) is 0 Å². The number of nitrogens with one attached hydrogen (secondary N) is 1. The molecule has 1 N–H and O–H groups in total. The summed E-state index contributed by atoms with van der Waals surface area (Å²) in [6.45, 7) is 2.30. The number of carbonyl (C=O) groups is 1. The Balaban J connectivity index is 1.46. The second kappa shape index (κ2) is 6.88. The molecule has 0 saturated carbocycles. The number of benzene rings is 1. The summed E-state index contributed by atoms with van der Waals surface area (Å²) >= 11 is 1.67. The highest BCUT2D eigenvalue weighted by Crippen LogP contribution is 2.26. The van der Waals surface area contributed by atoms with Crippen LogP contribution in [0.1, 0.15) is 17.7 Å². The molecular formula is C19H22N4OS. The molecule has 0 radical (unpaired) electrons. The van der Waals surface area contributed by atoms with Crippen LogP contribution in [-0.2, 0) is 18.4 Å². The Morgan fingerprint density at radius 2 is 2.20 bits per heavy atom. The summed E-state index contributed by atoms with van der Waals surface area (Å²) in [5.74, 6) is 1.13. The lowest BCUT2D eigenvalue weighted by Gasteiger charge is -2.32. The number of amides is 1. The van der Waals surface area contributed by atoms with E-state index in [1.165, 1.54) is 4.88 Å². The minimum absolute atomic E-state index is 0.0218. The maximum Gasteiger partial charge on any atom is 0.225 e. The first-order chi connectivity index (χ1) is 12.2. The summed E-state index contributed by atoms with van der Waals surface area (Å²) < 4.78 is 2.13. The Hall–Kier alpha value is -2.34. The predicted molar refractivity (Wildman–Crippen MR) is 102 cm³/mol. The molecule has 1 aliphatic heterocycles. The van der Waals surface area contributed by atoms with Gasteiger partial charge in [0.25, 0.3) is 0 Å². The molecule has 1 aliphatic rings. The zero-order valence-corrected chi connectivity index (χ0v) is 15.1. The van der Waals surface area contributed by atoms with E-state index < -0.39 is 0 Å². The number of carbonyl (C=O) groups excluding carboxylic acids is 1. The molecule has 130 valence electrons. The summed E-state index contributed by atoms with van der Waals surface area (Å²) in [4.78, 5) is 20.8. The first-order valence-corrected chi connectivity index (χ1v) is 9.57. The van der Waals surface area contributed by atoms with Gasteiger partial charge >= 0.3 is 0 Å². The fourth-order valence-corrected chi connectivity index (χ4v) is 4.16. The number of aryl methyl sites for hydroxylation is 1. The van der Waals surface area contributed by atoms with Gasteiger partial charge in [-0.1, -0.05) is 18.2 Å². The Kier molecular flexibility index (Phi) is 4.44. The van der Waals surface area contributed by atoms with Gasteiger partial charge in [0.05, 0.1) is 23.5 Å². The lowest BCUT2D eigenvalue weighted by Crippen LogP contribution is -2.43. The highest BCUT2D eigenvalue weighted by atomic mass is 32.1. The van der Waals surface area contributed by atoms with E-state index in [0.29, 0.717) is 6.54 Å². The quantitative estimate of drug-likeness (QED) is 0.783. The summed E-state index contributed by atoms with van der Waals surface area (Å²) in [6.07, 6.45) is 1.96. The van der Waals surface area contributed by atoms with E-state index in [-0.39, 0.29) is 11.8 Å². The van der Waals surface area contributed by atoms with E-state index in [2.05, 4.69) is 26.9 Å². The molecule has 25 heavy (non-hydrogen) atoms. The molecule has 3 heterocycles. The van der Waals surface area contributed by atoms with Crippen molar-refractivity contribution in [1.29, 1.82) is 0 Å². The van der Waals surface area contributed by atoms with Crippen LogP contribution in [0.5, 0.6) is 0 Å². The molecule has 1 amide bonds. The summed E-state index contributed by atoms with van der Waals surface area (Å²) in [5, 5.41) is 5.12. The number of aromatic nitrogens is 2. The van der Waals surface area contributed by atoms with Crippen LogP contribution in [0.15, 0.2) is 41.8 Å². The standard InChI is InChI=1S/C19H22N4OS/c1-22-17-9-3-2-8-16(17)21-19(22)23-10-4-6-14(13-23)18(24)20-12-15-7-5-11-25-15/h2-3,5,7-9,11,14H,4,6,10,12-13H2,1H3,(H,20,24)/t14-/m0/s1. The molecule has 1 saturated heterocycles. The van der Waals surface area contributed by atoms with E-state index in [1.807, 2.05) is 36.7 Å². The number of nitrogens with zero attached hydrogens (tertiary/aromatic N) is 3. The number of hydrogen-bond donors (Lipinski definition) is 1. The number of thiophene rings is 1. The molecule has 0 unspecified atom stereocenters. The van der Waals surface area contributed by atoms with E-state index in [9.17, 15) is 4.79 Å². The Morgan fingerprint density at radius 3 is 3.00 bits per heavy atom. The Labute approximate surface area is 151 Å². The van der Waals surface area contributed by atoms with Crippen molar-refractivity contribution in [1.82, 2.24) is 14.9 Å². The van der Waals surface area contributed by atoms with Gasteiger partial charge in [-0.15, -0.1) is 11.3 Å². The lowest BCUT2D eigenvalue weighted by molar-refractivity contribution is -0.125. The fourth-order valence-electron chi connectivity index (χ4n) is 3.52. The van der Waals surface area contributed by atoms with Gasteiger partial charge in [-0.05, 0) is 36.4 Å². The molecule has 0 bridgehead atoms. The van der Waals surface area contributed by atoms with Crippen LogP contribution in [0.3, 0.4) is 0 Å². The first kappa shape index (κ1) is 16.1. The maximum atomic E-state index is 12.6. The molecule has 0 spiro atoms. The van der Waals surface area contributed by atoms with Gasteiger partial charge < -0.3 is 14.8 Å². The molecule has 1 fully saturated rings. The second-order valence-electron chi connectivity index (χ2n) is 6.54. The summed E-state index contributed by atoms with van der Waals surface area (Å²) in [6, 6.07) is 12.2. The van der Waals surface area contributed by atoms with Gasteiger partial charge in [-0.3, -0.25) is 4.79 Å². The highest BCUT2D eigenvalue weighted by Gasteiger charge is 2.28. The van der Waals surface area contributed by atoms with Crippen LogP contribution < -0.4 is 10.2 Å². The van der Waals surface area contributed by atoms with Crippen LogP contribution >= 0.6 is 11.3 Å². The van der Waals surface area contributed by atoms with E-state index in [4.69, 9.17) is 4.98 Å². The van der Waals surface area contributed by atoms with Gasteiger partial charge in [0.15, 0.2) is 0 Å². The third-order valence-electron chi connectivity index (χ3n) is 4.86. The Bertz CT molecular complexity index is 871. The van der Waals surface area contributed by atoms with Crippen molar-refractivity contribution in [2.45, 2.75) is 19.4 Å². The lowest BCUT2D eigenvalue weighted by atomic mass is 9.97. The number of para-hydroxylation sites is 2. The number of fused-ring (bicyclic) bond motifs is 1. The van der Waals surface area contributed by atoms with Gasteiger partial charge in [-0.2, -0.15) is 0 Å². The van der Waals surface area contributed by atoms with Gasteiger partial charge in [-0.25, -0.2) is 4.98 Å². The molecule has 5 nitrogen and oxygen atoms in total. The normalized spacial score (nSPS) is 17.8. The van der Waals surface area contributed by atoms with Gasteiger partial charge in [0.2, 0.25) is 11.9 Å². The van der Waals surface area contributed by atoms with Crippen LogP contribution in [0.2, 0.25) is 0 Å². The van der Waals surface area contributed by atoms with Crippen molar-refractivity contribution in [3.8, 4) is 0 Å². The Morgan fingerprint density at radius 1 is 1.32 bits per heavy atom. The zero-order valence-electron chi connectivity index (χ0n) is 14.3. The van der Waals surface area contributed by atoms with E-state index in [0.717, 1.165) is 42.9 Å². The molecule has 6 heteroatoms. The molecule has 0 aliphatic carbocycles. The molecular weight excluding hydrogens is 332 g/mol. The zero-order chi connectivity index (χ0) is 17.2. The monoisotopic (exact) mass is 354 g/mol. The maximum absolute atomic E-state index is 12.6. The first-order valence-electron chi connectivity index (χ1n) is 8.69. The molecule has 3 aromatic rings. The number of rotatable bonds is 4. The molecule has 2 aromatic heterocycles. The van der Waals surface area contributed by atoms with E-state index in [1.54, 1.807) is 11.3 Å². The smallest absolute Gasteiger partial charge is 0.225 e. The number of piperidine rings is 1. The minimum Gasteiger partial charge on any atom is -0.351 e. The summed E-state index contributed by atoms with van der Waals surface area (Å²) in [7, 11) is 2.05. The number of imidazole rings is 1. The average molecular weight is 354 g/mol. The highest BCUT2D eigenvalue weighted by molar-refractivity contribution is 7.09. The number of hydrogen-bond acceptors (Lipinski definition) is 4. The van der Waals surface area contributed by atoms with Gasteiger partial charge in [0, 0.05) is 25.0 Å². The summed E-state index contributed by atoms with van der Waals surface area (Å²) in [5.41, 5.74) is 2.13. The van der Waals surface area contributed by atoms with Crippen molar-refractivity contribution in [2.75, 3.05) is 18.0 Å². The van der Waals surface area contributed by atoms with Crippen molar-refractivity contribution >= 4 is 34.2 Å². The molecule has 1 aromatic carbocycles. The average Bonchev–Trinajstić information content (AvgIpc) is 3.28. The largest absolute Gasteiger partial charge is 0.351 e. The molecule has 1 atom stereocenters. The van der Waals surface area contributed by atoms with Crippen molar-refractivity contribution < 1.29 is 4.79 Å². The topological polar surface area (TPSA) is 50.2 Å². The van der Waals surface area contributed by atoms with Crippen LogP contribution in [0.25, 0.3) is 11.0 Å². The fraction of sp³-hybridized carbons (Fsp3) is 0.368. The minimum atomic E-state index is 0.0218. The van der Waals surface area contributed by atoms with Crippen molar-refractivity contribution in [3.05, 3.63) is 46.7 Å². The van der Waals surface area contributed by atoms with E-state index >= 15 is 0 Å². The van der Waals surface area contributed by atoms with Crippen LogP contribution in [0, 0.1) is 5.92 Å². The SMILES string of the molecule is Cn1c(N2CCC[C@H](C(=O)NCc3cccs3)C2)nc2ccccc21. The third-order valence-corrected chi connectivity index (χ3v) is 5.73. The number of anilines is 1.